The topological polar surface area (TPSA) is 67.4 Å². The Morgan fingerprint density at radius 3 is 1.67 bits per heavy atom. The molecule has 2 heterocycles. The summed E-state index contributed by atoms with van der Waals surface area (Å²) in [4.78, 5) is 14.7. The van der Waals surface area contributed by atoms with Gasteiger partial charge in [0, 0.05) is 33.2 Å². The number of hydrogen-bond donors (Lipinski definition) is 0. The molecule has 7 aromatic carbocycles. The van der Waals surface area contributed by atoms with Gasteiger partial charge in [-0.3, -0.25) is 0 Å². The Morgan fingerprint density at radius 1 is 0.462 bits per heavy atom. The maximum absolute atomic E-state index is 9.87. The molecule has 0 atom stereocenters. The molecule has 2 aromatic heterocycles. The van der Waals surface area contributed by atoms with Gasteiger partial charge < -0.3 is 4.57 Å². The molecule has 1 aliphatic carbocycles. The average Bonchev–Trinajstić information content (AvgIpc) is 3.76. The lowest BCUT2D eigenvalue weighted by Gasteiger charge is -2.12. The molecule has 9 aromatic rings. The Labute approximate surface area is 300 Å². The van der Waals surface area contributed by atoms with Crippen molar-refractivity contribution in [1.29, 1.82) is 5.26 Å². The monoisotopic (exact) mass is 663 g/mol. The van der Waals surface area contributed by atoms with E-state index in [0.717, 1.165) is 50.6 Å². The van der Waals surface area contributed by atoms with Crippen molar-refractivity contribution < 1.29 is 0 Å². The Balaban J connectivity index is 1.09. The molecule has 0 unspecified atom stereocenters. The summed E-state index contributed by atoms with van der Waals surface area (Å²) in [6.45, 7) is 0. The molecular formula is C47H29N5. The van der Waals surface area contributed by atoms with Crippen molar-refractivity contribution in [3.05, 3.63) is 180 Å². The normalized spacial score (nSPS) is 11.8. The zero-order chi connectivity index (χ0) is 34.6. The van der Waals surface area contributed by atoms with E-state index in [-0.39, 0.29) is 0 Å². The molecule has 10 rings (SSSR count). The van der Waals surface area contributed by atoms with Crippen molar-refractivity contribution in [2.24, 2.45) is 0 Å². The fourth-order valence-electron chi connectivity index (χ4n) is 7.66. The van der Waals surface area contributed by atoms with Crippen LogP contribution in [0.3, 0.4) is 0 Å². The molecule has 52 heavy (non-hydrogen) atoms. The minimum absolute atomic E-state index is 0.613. The van der Waals surface area contributed by atoms with Crippen LogP contribution in [0.15, 0.2) is 164 Å². The Bertz CT molecular complexity index is 2810. The standard InChI is InChI=1S/C47H29N5/c48-29-30-18-24-43-41(26-30)42-28-35(38-16-9-17-39-37-15-8-7-14-34(37)27-40(38)39)21-25-44(42)52(43)36-22-19-33(20-23-36)47-50-45(31-10-3-1-4-11-31)49-46(51-47)32-12-5-2-6-13-32/h1-26,28H,27H2. The van der Waals surface area contributed by atoms with Gasteiger partial charge in [-0.1, -0.05) is 109 Å². The van der Waals surface area contributed by atoms with Gasteiger partial charge in [-0.05, 0) is 94.4 Å². The van der Waals surface area contributed by atoms with Crippen LogP contribution in [0, 0.1) is 11.3 Å². The third kappa shape index (κ3) is 4.89. The van der Waals surface area contributed by atoms with Crippen molar-refractivity contribution in [2.45, 2.75) is 6.42 Å². The lowest BCUT2D eigenvalue weighted by atomic mass is 9.94. The highest BCUT2D eigenvalue weighted by atomic mass is 15.0. The van der Waals surface area contributed by atoms with E-state index in [0.29, 0.717) is 23.0 Å². The smallest absolute Gasteiger partial charge is 0.164 e. The summed E-state index contributed by atoms with van der Waals surface area (Å²) in [5.74, 6) is 1.88. The predicted octanol–water partition coefficient (Wildman–Crippen LogP) is 11.1. The number of fused-ring (bicyclic) bond motifs is 6. The average molecular weight is 664 g/mol. The summed E-state index contributed by atoms with van der Waals surface area (Å²) >= 11 is 0. The Kier molecular flexibility index (Phi) is 6.87. The maximum Gasteiger partial charge on any atom is 0.164 e. The molecule has 0 amide bonds. The molecule has 0 spiro atoms. The third-order valence-electron chi connectivity index (χ3n) is 10.1. The zero-order valence-electron chi connectivity index (χ0n) is 28.0. The molecule has 1 aliphatic rings. The van der Waals surface area contributed by atoms with Crippen LogP contribution in [0.25, 0.3) is 83.9 Å². The number of nitriles is 1. The highest BCUT2D eigenvalue weighted by molar-refractivity contribution is 6.11. The summed E-state index contributed by atoms with van der Waals surface area (Å²) < 4.78 is 2.28. The van der Waals surface area contributed by atoms with Crippen LogP contribution in [-0.2, 0) is 6.42 Å². The summed E-state index contributed by atoms with van der Waals surface area (Å²) in [6, 6.07) is 58.8. The molecule has 0 saturated carbocycles. The molecule has 0 fully saturated rings. The van der Waals surface area contributed by atoms with E-state index in [1.165, 1.54) is 33.4 Å². The van der Waals surface area contributed by atoms with Gasteiger partial charge in [0.25, 0.3) is 0 Å². The van der Waals surface area contributed by atoms with E-state index < -0.39 is 0 Å². The van der Waals surface area contributed by atoms with Crippen molar-refractivity contribution >= 4 is 21.8 Å². The third-order valence-corrected chi connectivity index (χ3v) is 10.1. The summed E-state index contributed by atoms with van der Waals surface area (Å²) in [7, 11) is 0. The summed E-state index contributed by atoms with van der Waals surface area (Å²) in [6.07, 6.45) is 0.924. The second kappa shape index (κ2) is 12.0. The minimum atomic E-state index is 0.613. The molecular weight excluding hydrogens is 635 g/mol. The van der Waals surface area contributed by atoms with Crippen LogP contribution in [-0.4, -0.2) is 19.5 Å². The second-order valence-electron chi connectivity index (χ2n) is 13.2. The lowest BCUT2D eigenvalue weighted by Crippen LogP contribution is -2.00. The highest BCUT2D eigenvalue weighted by Gasteiger charge is 2.22. The fourth-order valence-corrected chi connectivity index (χ4v) is 7.66. The zero-order valence-corrected chi connectivity index (χ0v) is 28.0. The van der Waals surface area contributed by atoms with E-state index in [1.54, 1.807) is 0 Å². The molecule has 0 bridgehead atoms. The number of rotatable bonds is 5. The van der Waals surface area contributed by atoms with Gasteiger partial charge >= 0.3 is 0 Å². The molecule has 242 valence electrons. The number of aromatic nitrogens is 4. The first-order valence-electron chi connectivity index (χ1n) is 17.4. The van der Waals surface area contributed by atoms with E-state index in [4.69, 9.17) is 15.0 Å². The SMILES string of the molecule is N#Cc1ccc2c(c1)c1cc(-c3cccc4c3Cc3ccccc3-4)ccc1n2-c1ccc(-c2nc(-c3ccccc3)nc(-c3ccccc3)n2)cc1. The first-order valence-corrected chi connectivity index (χ1v) is 17.4. The fraction of sp³-hybridized carbons (Fsp3) is 0.0213. The van der Waals surface area contributed by atoms with E-state index in [2.05, 4.69) is 102 Å². The van der Waals surface area contributed by atoms with Gasteiger partial charge in [-0.25, -0.2) is 15.0 Å². The number of hydrogen-bond acceptors (Lipinski definition) is 4. The van der Waals surface area contributed by atoms with Gasteiger partial charge in [0.2, 0.25) is 0 Å². The van der Waals surface area contributed by atoms with Crippen LogP contribution in [0.5, 0.6) is 0 Å². The van der Waals surface area contributed by atoms with E-state index in [1.807, 2.05) is 72.8 Å². The number of nitrogens with zero attached hydrogens (tertiary/aromatic N) is 5. The van der Waals surface area contributed by atoms with Crippen molar-refractivity contribution in [1.82, 2.24) is 19.5 Å². The summed E-state index contributed by atoms with van der Waals surface area (Å²) in [5.41, 5.74) is 14.3. The van der Waals surface area contributed by atoms with Crippen molar-refractivity contribution in [2.75, 3.05) is 0 Å². The molecule has 5 nitrogen and oxygen atoms in total. The van der Waals surface area contributed by atoms with E-state index >= 15 is 0 Å². The highest BCUT2D eigenvalue weighted by Crippen LogP contribution is 2.43. The first-order chi connectivity index (χ1) is 25.7. The van der Waals surface area contributed by atoms with Crippen molar-refractivity contribution in [3.8, 4) is 68.2 Å². The molecule has 0 saturated heterocycles. The maximum atomic E-state index is 9.87. The molecule has 0 aliphatic heterocycles. The van der Waals surface area contributed by atoms with Gasteiger partial charge in [0.05, 0.1) is 22.7 Å². The second-order valence-corrected chi connectivity index (χ2v) is 13.2. The van der Waals surface area contributed by atoms with E-state index in [9.17, 15) is 5.26 Å². The molecule has 0 N–H and O–H groups in total. The number of benzene rings is 7. The Hall–Kier alpha value is -7.16. The van der Waals surface area contributed by atoms with Crippen LogP contribution in [0.1, 0.15) is 16.7 Å². The van der Waals surface area contributed by atoms with Gasteiger partial charge in [-0.2, -0.15) is 5.26 Å². The first kappa shape index (κ1) is 29.7. The Morgan fingerprint density at radius 2 is 1.00 bits per heavy atom. The van der Waals surface area contributed by atoms with Crippen molar-refractivity contribution in [3.63, 3.8) is 0 Å². The predicted molar refractivity (Wildman–Crippen MR) is 209 cm³/mol. The largest absolute Gasteiger partial charge is 0.309 e. The molecule has 5 heteroatoms. The van der Waals surface area contributed by atoms with Crippen LogP contribution in [0.2, 0.25) is 0 Å². The van der Waals surface area contributed by atoms with Gasteiger partial charge in [-0.15, -0.1) is 0 Å². The lowest BCUT2D eigenvalue weighted by molar-refractivity contribution is 1.07. The van der Waals surface area contributed by atoms with Gasteiger partial charge in [0.15, 0.2) is 17.5 Å². The quantitative estimate of drug-likeness (QED) is 0.184. The van der Waals surface area contributed by atoms with Crippen LogP contribution < -0.4 is 0 Å². The minimum Gasteiger partial charge on any atom is -0.309 e. The summed E-state index contributed by atoms with van der Waals surface area (Å²) in [5, 5.41) is 12.0. The van der Waals surface area contributed by atoms with Crippen LogP contribution >= 0.6 is 0 Å². The van der Waals surface area contributed by atoms with Gasteiger partial charge in [0.1, 0.15) is 0 Å². The van der Waals surface area contributed by atoms with Crippen LogP contribution in [0.4, 0.5) is 0 Å². The molecule has 0 radical (unpaired) electrons.